The molecule has 0 spiro atoms. The fraction of sp³-hybridized carbons (Fsp3) is 0.500. The van der Waals surface area contributed by atoms with Gasteiger partial charge in [0.05, 0.1) is 4.90 Å². The minimum absolute atomic E-state index is 0.0105. The lowest BCUT2D eigenvalue weighted by Gasteiger charge is -2.17. The second kappa shape index (κ2) is 6.97. The van der Waals surface area contributed by atoms with Crippen LogP contribution in [-0.2, 0) is 22.0 Å². The highest BCUT2D eigenvalue weighted by Crippen LogP contribution is 2.34. The quantitative estimate of drug-likeness (QED) is 0.669. The standard InChI is InChI=1S/C18H22Cl2N2O2S2/c1-11-16(18(2,3)4)25-17(22(11)10-12-5-6-12)21-26(23,24)15-8-13(19)7-14(20)9-15/h7-9,12H,5-6,10H2,1-4H3. The Hall–Kier alpha value is -0.820. The number of halogens is 2. The van der Waals surface area contributed by atoms with Crippen molar-refractivity contribution in [2.24, 2.45) is 10.3 Å². The van der Waals surface area contributed by atoms with Gasteiger partial charge in [-0.3, -0.25) is 0 Å². The van der Waals surface area contributed by atoms with Gasteiger partial charge in [-0.15, -0.1) is 15.7 Å². The summed E-state index contributed by atoms with van der Waals surface area (Å²) >= 11 is 13.4. The third kappa shape index (κ3) is 4.35. The first-order chi connectivity index (χ1) is 12.0. The van der Waals surface area contributed by atoms with Crippen molar-refractivity contribution in [3.8, 4) is 0 Å². The third-order valence-electron chi connectivity index (χ3n) is 4.31. The van der Waals surface area contributed by atoms with Crippen molar-refractivity contribution in [1.82, 2.24) is 4.57 Å². The van der Waals surface area contributed by atoms with E-state index in [-0.39, 0.29) is 20.4 Å². The molecule has 26 heavy (non-hydrogen) atoms. The molecule has 1 heterocycles. The Labute approximate surface area is 168 Å². The first kappa shape index (κ1) is 19.9. The van der Waals surface area contributed by atoms with Gasteiger partial charge in [-0.2, -0.15) is 8.42 Å². The van der Waals surface area contributed by atoms with Crippen molar-refractivity contribution < 1.29 is 8.42 Å². The fourth-order valence-corrected chi connectivity index (χ4v) is 5.99. The van der Waals surface area contributed by atoms with Crippen LogP contribution in [0.3, 0.4) is 0 Å². The highest BCUT2D eigenvalue weighted by molar-refractivity contribution is 7.90. The van der Waals surface area contributed by atoms with Crippen LogP contribution in [-0.4, -0.2) is 13.0 Å². The van der Waals surface area contributed by atoms with Crippen LogP contribution in [0.2, 0.25) is 10.0 Å². The van der Waals surface area contributed by atoms with Crippen molar-refractivity contribution >= 4 is 44.6 Å². The van der Waals surface area contributed by atoms with E-state index in [4.69, 9.17) is 23.2 Å². The van der Waals surface area contributed by atoms with Crippen molar-refractivity contribution in [3.05, 3.63) is 43.6 Å². The number of rotatable bonds is 4. The Kier molecular flexibility index (Phi) is 5.34. The zero-order valence-corrected chi connectivity index (χ0v) is 18.4. The number of sulfonamides is 1. The Morgan fingerprint density at radius 2 is 1.77 bits per heavy atom. The van der Waals surface area contributed by atoms with Gasteiger partial charge >= 0.3 is 0 Å². The topological polar surface area (TPSA) is 51.4 Å². The molecule has 1 saturated carbocycles. The molecular weight excluding hydrogens is 411 g/mol. The van der Waals surface area contributed by atoms with Crippen molar-refractivity contribution in [1.29, 1.82) is 0 Å². The molecule has 0 saturated heterocycles. The van der Waals surface area contributed by atoms with Crippen LogP contribution >= 0.6 is 34.5 Å². The van der Waals surface area contributed by atoms with Gasteiger partial charge in [-0.1, -0.05) is 44.0 Å². The Morgan fingerprint density at radius 3 is 2.27 bits per heavy atom. The van der Waals surface area contributed by atoms with Crippen LogP contribution in [0.1, 0.15) is 44.2 Å². The molecule has 1 fully saturated rings. The summed E-state index contributed by atoms with van der Waals surface area (Å²) in [7, 11) is -3.90. The molecule has 4 nitrogen and oxygen atoms in total. The maximum absolute atomic E-state index is 12.8. The molecule has 0 atom stereocenters. The molecule has 0 bridgehead atoms. The number of hydrogen-bond acceptors (Lipinski definition) is 3. The van der Waals surface area contributed by atoms with Gasteiger partial charge in [0.2, 0.25) is 4.80 Å². The van der Waals surface area contributed by atoms with Crippen molar-refractivity contribution in [2.75, 3.05) is 0 Å². The van der Waals surface area contributed by atoms with Gasteiger partial charge in [0, 0.05) is 27.2 Å². The maximum Gasteiger partial charge on any atom is 0.285 e. The lowest BCUT2D eigenvalue weighted by Crippen LogP contribution is -2.20. The van der Waals surface area contributed by atoms with Crippen molar-refractivity contribution in [3.63, 3.8) is 0 Å². The van der Waals surface area contributed by atoms with Crippen molar-refractivity contribution in [2.45, 2.75) is 57.4 Å². The SMILES string of the molecule is Cc1c(C(C)(C)C)sc(=NS(=O)(=O)c2cc(Cl)cc(Cl)c2)n1CC1CC1. The molecule has 0 unspecified atom stereocenters. The summed E-state index contributed by atoms with van der Waals surface area (Å²) in [6, 6.07) is 4.26. The van der Waals surface area contributed by atoms with E-state index in [1.54, 1.807) is 0 Å². The van der Waals surface area contributed by atoms with Crippen LogP contribution in [0.4, 0.5) is 0 Å². The molecular formula is C18H22Cl2N2O2S2. The average molecular weight is 433 g/mol. The molecule has 0 amide bonds. The lowest BCUT2D eigenvalue weighted by molar-refractivity contribution is 0.562. The largest absolute Gasteiger partial charge is 0.320 e. The summed E-state index contributed by atoms with van der Waals surface area (Å²) in [6.07, 6.45) is 2.37. The first-order valence-electron chi connectivity index (χ1n) is 8.45. The molecule has 0 aliphatic heterocycles. The van der Waals surface area contributed by atoms with E-state index in [0.717, 1.165) is 17.1 Å². The summed E-state index contributed by atoms with van der Waals surface area (Å²) in [4.78, 5) is 1.67. The summed E-state index contributed by atoms with van der Waals surface area (Å²) in [6.45, 7) is 9.23. The van der Waals surface area contributed by atoms with E-state index in [1.165, 1.54) is 42.4 Å². The Bertz CT molecular complexity index is 991. The normalized spacial score (nSPS) is 16.3. The zero-order chi connectivity index (χ0) is 19.3. The van der Waals surface area contributed by atoms with Gasteiger partial charge in [0.15, 0.2) is 0 Å². The maximum atomic E-state index is 12.8. The van der Waals surface area contributed by atoms with Gasteiger partial charge in [-0.25, -0.2) is 0 Å². The van der Waals surface area contributed by atoms with E-state index in [1.807, 2.05) is 11.5 Å². The first-order valence-corrected chi connectivity index (χ1v) is 11.5. The smallest absolute Gasteiger partial charge is 0.285 e. The molecule has 0 N–H and O–H groups in total. The number of nitrogens with zero attached hydrogens (tertiary/aromatic N) is 2. The second-order valence-corrected chi connectivity index (χ2v) is 11.2. The molecule has 1 aliphatic rings. The summed E-state index contributed by atoms with van der Waals surface area (Å²) in [5.74, 6) is 0.610. The predicted octanol–water partition coefficient (Wildman–Crippen LogP) is 5.16. The predicted molar refractivity (Wildman–Crippen MR) is 108 cm³/mol. The molecule has 3 rings (SSSR count). The van der Waals surface area contributed by atoms with Gasteiger partial charge in [0.25, 0.3) is 10.0 Å². The molecule has 8 heteroatoms. The molecule has 142 valence electrons. The van der Waals surface area contributed by atoms with Crippen LogP contribution < -0.4 is 4.80 Å². The highest BCUT2D eigenvalue weighted by Gasteiger charge is 2.27. The molecule has 1 aromatic heterocycles. The van der Waals surface area contributed by atoms with E-state index in [0.29, 0.717) is 10.7 Å². The second-order valence-electron chi connectivity index (χ2n) is 7.77. The summed E-state index contributed by atoms with van der Waals surface area (Å²) in [5, 5.41) is 0.546. The molecule has 1 aromatic carbocycles. The minimum atomic E-state index is -3.90. The Morgan fingerprint density at radius 1 is 1.19 bits per heavy atom. The lowest BCUT2D eigenvalue weighted by atomic mass is 9.93. The molecule has 2 aromatic rings. The van der Waals surface area contributed by atoms with E-state index >= 15 is 0 Å². The monoisotopic (exact) mass is 432 g/mol. The van der Waals surface area contributed by atoms with Gasteiger partial charge in [0.1, 0.15) is 0 Å². The highest BCUT2D eigenvalue weighted by atomic mass is 35.5. The van der Waals surface area contributed by atoms with E-state index < -0.39 is 10.0 Å². The number of thiazole rings is 1. The van der Waals surface area contributed by atoms with Crippen LogP contribution in [0.15, 0.2) is 27.5 Å². The van der Waals surface area contributed by atoms with Crippen LogP contribution in [0.25, 0.3) is 0 Å². The van der Waals surface area contributed by atoms with Crippen LogP contribution in [0.5, 0.6) is 0 Å². The summed E-state index contributed by atoms with van der Waals surface area (Å²) in [5.41, 5.74) is 1.02. The zero-order valence-electron chi connectivity index (χ0n) is 15.2. The van der Waals surface area contributed by atoms with Gasteiger partial charge in [-0.05, 0) is 49.3 Å². The number of aromatic nitrogens is 1. The third-order valence-corrected chi connectivity index (χ3v) is 7.71. The minimum Gasteiger partial charge on any atom is -0.320 e. The fourth-order valence-electron chi connectivity index (χ4n) is 2.86. The number of hydrogen-bond donors (Lipinski definition) is 0. The Balaban J connectivity index is 2.17. The summed E-state index contributed by atoms with van der Waals surface area (Å²) < 4.78 is 31.9. The molecule has 0 radical (unpaired) electrons. The van der Waals surface area contributed by atoms with Gasteiger partial charge < -0.3 is 4.57 Å². The number of benzene rings is 1. The molecule has 1 aliphatic carbocycles. The average Bonchev–Trinajstić information content (AvgIpc) is 3.25. The van der Waals surface area contributed by atoms with E-state index in [9.17, 15) is 8.42 Å². The van der Waals surface area contributed by atoms with Crippen LogP contribution in [0, 0.1) is 12.8 Å². The van der Waals surface area contributed by atoms with E-state index in [2.05, 4.69) is 25.2 Å².